The molecule has 1 aromatic rings. The molecule has 0 aromatic carbocycles. The van der Waals surface area contributed by atoms with Crippen LogP contribution in [0.15, 0.2) is 21.4 Å². The molecule has 0 radical (unpaired) electrons. The maximum atomic E-state index is 12.0. The first-order chi connectivity index (χ1) is 7.22. The van der Waals surface area contributed by atoms with Crippen molar-refractivity contribution in [1.82, 2.24) is 4.90 Å². The summed E-state index contributed by atoms with van der Waals surface area (Å²) in [5.41, 5.74) is 0.530. The second-order valence-electron chi connectivity index (χ2n) is 3.62. The highest BCUT2D eigenvalue weighted by Gasteiger charge is 2.29. The Morgan fingerprint density at radius 2 is 2.53 bits per heavy atom. The molecule has 0 aliphatic carbocycles. The van der Waals surface area contributed by atoms with Crippen LogP contribution in [0.3, 0.4) is 0 Å². The second-order valence-corrected chi connectivity index (χ2v) is 4.40. The number of carbonyl (C=O) groups excluding carboxylic acids is 1. The van der Waals surface area contributed by atoms with Crippen molar-refractivity contribution in [2.75, 3.05) is 13.2 Å². The third-order valence-electron chi connectivity index (χ3n) is 2.66. The predicted molar refractivity (Wildman–Crippen MR) is 57.6 cm³/mol. The van der Waals surface area contributed by atoms with Gasteiger partial charge in [0, 0.05) is 12.6 Å². The molecule has 1 fully saturated rings. The van der Waals surface area contributed by atoms with E-state index in [0.717, 1.165) is 12.8 Å². The SMILES string of the molecule is O=C(c1coc(Br)c1)N1CCC[C@@H]1CO. The minimum atomic E-state index is -0.0685. The van der Waals surface area contributed by atoms with Crippen LogP contribution in [-0.4, -0.2) is 35.1 Å². The van der Waals surface area contributed by atoms with E-state index in [0.29, 0.717) is 16.8 Å². The molecule has 1 atom stereocenters. The van der Waals surface area contributed by atoms with Crippen LogP contribution in [0, 0.1) is 0 Å². The lowest BCUT2D eigenvalue weighted by Crippen LogP contribution is -2.37. The molecule has 4 nitrogen and oxygen atoms in total. The van der Waals surface area contributed by atoms with Crippen LogP contribution in [-0.2, 0) is 0 Å². The largest absolute Gasteiger partial charge is 0.457 e. The second kappa shape index (κ2) is 4.37. The van der Waals surface area contributed by atoms with Crippen LogP contribution in [0.1, 0.15) is 23.2 Å². The summed E-state index contributed by atoms with van der Waals surface area (Å²) in [4.78, 5) is 13.7. The van der Waals surface area contributed by atoms with E-state index in [9.17, 15) is 4.79 Å². The molecule has 0 spiro atoms. The number of carbonyl (C=O) groups is 1. The highest BCUT2D eigenvalue weighted by atomic mass is 79.9. The summed E-state index contributed by atoms with van der Waals surface area (Å²) in [5.74, 6) is -0.0685. The molecule has 82 valence electrons. The first kappa shape index (κ1) is 10.7. The number of likely N-dealkylation sites (tertiary alicyclic amines) is 1. The fourth-order valence-electron chi connectivity index (χ4n) is 1.88. The zero-order valence-electron chi connectivity index (χ0n) is 8.15. The monoisotopic (exact) mass is 273 g/mol. The topological polar surface area (TPSA) is 53.7 Å². The number of nitrogens with zero attached hydrogens (tertiary/aromatic N) is 1. The van der Waals surface area contributed by atoms with Crippen molar-refractivity contribution in [1.29, 1.82) is 0 Å². The van der Waals surface area contributed by atoms with Gasteiger partial charge in [0.2, 0.25) is 0 Å². The van der Waals surface area contributed by atoms with Crippen LogP contribution in [0.25, 0.3) is 0 Å². The molecule has 5 heteroatoms. The molecule has 1 aromatic heterocycles. The van der Waals surface area contributed by atoms with Crippen LogP contribution < -0.4 is 0 Å². The minimum absolute atomic E-state index is 0.0325. The van der Waals surface area contributed by atoms with Crippen molar-refractivity contribution in [3.05, 3.63) is 22.6 Å². The number of hydrogen-bond donors (Lipinski definition) is 1. The number of amides is 1. The first-order valence-corrected chi connectivity index (χ1v) is 5.67. The number of aliphatic hydroxyl groups is 1. The smallest absolute Gasteiger partial charge is 0.257 e. The summed E-state index contributed by atoms with van der Waals surface area (Å²) in [5, 5.41) is 9.11. The van der Waals surface area contributed by atoms with Crippen molar-refractivity contribution < 1.29 is 14.3 Å². The van der Waals surface area contributed by atoms with Gasteiger partial charge in [-0.3, -0.25) is 4.79 Å². The highest BCUT2D eigenvalue weighted by molar-refractivity contribution is 9.10. The fraction of sp³-hybridized carbons (Fsp3) is 0.500. The lowest BCUT2D eigenvalue weighted by Gasteiger charge is -2.22. The van der Waals surface area contributed by atoms with E-state index in [2.05, 4.69) is 15.9 Å². The first-order valence-electron chi connectivity index (χ1n) is 4.88. The molecule has 1 saturated heterocycles. The van der Waals surface area contributed by atoms with Gasteiger partial charge < -0.3 is 14.4 Å². The Morgan fingerprint density at radius 3 is 3.13 bits per heavy atom. The maximum absolute atomic E-state index is 12.0. The number of halogens is 1. The van der Waals surface area contributed by atoms with Crippen molar-refractivity contribution in [3.8, 4) is 0 Å². The average Bonchev–Trinajstić information content (AvgIpc) is 2.84. The Kier molecular flexibility index (Phi) is 3.11. The number of hydrogen-bond acceptors (Lipinski definition) is 3. The average molecular weight is 274 g/mol. The van der Waals surface area contributed by atoms with E-state index in [1.54, 1.807) is 11.0 Å². The zero-order valence-corrected chi connectivity index (χ0v) is 9.74. The molecular weight excluding hydrogens is 262 g/mol. The van der Waals surface area contributed by atoms with Crippen molar-refractivity contribution in [2.45, 2.75) is 18.9 Å². The molecular formula is C10H12BrNO3. The van der Waals surface area contributed by atoms with E-state index in [1.165, 1.54) is 6.26 Å². The summed E-state index contributed by atoms with van der Waals surface area (Å²) in [7, 11) is 0. The lowest BCUT2D eigenvalue weighted by molar-refractivity contribution is 0.0677. The summed E-state index contributed by atoms with van der Waals surface area (Å²) in [6.45, 7) is 0.748. The van der Waals surface area contributed by atoms with Gasteiger partial charge in [0.15, 0.2) is 4.67 Å². The Balaban J connectivity index is 2.13. The Bertz CT molecular complexity index is 363. The van der Waals surface area contributed by atoms with Crippen molar-refractivity contribution in [2.24, 2.45) is 0 Å². The normalized spacial score (nSPS) is 20.9. The Hall–Kier alpha value is -0.810. The summed E-state index contributed by atoms with van der Waals surface area (Å²) < 4.78 is 5.57. The molecule has 2 rings (SSSR count). The molecule has 2 heterocycles. The fourth-order valence-corrected chi connectivity index (χ4v) is 2.22. The predicted octanol–water partition coefficient (Wildman–Crippen LogP) is 1.64. The van der Waals surface area contributed by atoms with Gasteiger partial charge in [-0.1, -0.05) is 0 Å². The zero-order chi connectivity index (χ0) is 10.8. The third kappa shape index (κ3) is 2.08. The van der Waals surface area contributed by atoms with Crippen LogP contribution in [0.4, 0.5) is 0 Å². The molecule has 0 saturated carbocycles. The summed E-state index contributed by atoms with van der Waals surface area (Å²) >= 11 is 3.15. The molecule has 1 N–H and O–H groups in total. The van der Waals surface area contributed by atoms with Gasteiger partial charge in [0.1, 0.15) is 6.26 Å². The van der Waals surface area contributed by atoms with Gasteiger partial charge in [-0.25, -0.2) is 0 Å². The van der Waals surface area contributed by atoms with E-state index in [4.69, 9.17) is 9.52 Å². The Morgan fingerprint density at radius 1 is 1.73 bits per heavy atom. The number of aliphatic hydroxyl groups excluding tert-OH is 1. The van der Waals surface area contributed by atoms with Gasteiger partial charge in [-0.15, -0.1) is 0 Å². The number of rotatable bonds is 2. The Labute approximate surface area is 96.0 Å². The van der Waals surface area contributed by atoms with Gasteiger partial charge >= 0.3 is 0 Å². The minimum Gasteiger partial charge on any atom is -0.457 e. The van der Waals surface area contributed by atoms with Crippen molar-refractivity contribution >= 4 is 21.8 Å². The molecule has 1 amide bonds. The third-order valence-corrected chi connectivity index (χ3v) is 3.08. The molecule has 0 unspecified atom stereocenters. The molecule has 15 heavy (non-hydrogen) atoms. The van der Waals surface area contributed by atoms with E-state index in [1.807, 2.05) is 0 Å². The highest BCUT2D eigenvalue weighted by Crippen LogP contribution is 2.22. The quantitative estimate of drug-likeness (QED) is 0.892. The van der Waals surface area contributed by atoms with E-state index in [-0.39, 0.29) is 18.6 Å². The van der Waals surface area contributed by atoms with Gasteiger partial charge in [-0.2, -0.15) is 0 Å². The van der Waals surface area contributed by atoms with Crippen LogP contribution in [0.5, 0.6) is 0 Å². The van der Waals surface area contributed by atoms with Crippen LogP contribution >= 0.6 is 15.9 Å². The molecule has 0 bridgehead atoms. The maximum Gasteiger partial charge on any atom is 0.257 e. The summed E-state index contributed by atoms with van der Waals surface area (Å²) in [6, 6.07) is 1.61. The molecule has 1 aliphatic heterocycles. The van der Waals surface area contributed by atoms with E-state index < -0.39 is 0 Å². The van der Waals surface area contributed by atoms with Gasteiger partial charge in [0.05, 0.1) is 18.2 Å². The van der Waals surface area contributed by atoms with E-state index >= 15 is 0 Å². The standard InChI is InChI=1S/C10H12BrNO3/c11-9-4-7(6-15-9)10(14)12-3-1-2-8(12)5-13/h4,6,8,13H,1-3,5H2/t8-/m1/s1. The summed E-state index contributed by atoms with van der Waals surface area (Å²) in [6.07, 6.45) is 3.26. The van der Waals surface area contributed by atoms with Gasteiger partial charge in [0.25, 0.3) is 5.91 Å². The lowest BCUT2D eigenvalue weighted by atomic mass is 10.2. The van der Waals surface area contributed by atoms with Gasteiger partial charge in [-0.05, 0) is 28.8 Å². The van der Waals surface area contributed by atoms with Crippen molar-refractivity contribution in [3.63, 3.8) is 0 Å². The van der Waals surface area contributed by atoms with Crippen LogP contribution in [0.2, 0.25) is 0 Å². The number of furan rings is 1. The molecule has 1 aliphatic rings.